The number of guanidine groups is 1. The average Bonchev–Trinajstić information content (AvgIpc) is 2.53. The van der Waals surface area contributed by atoms with Crippen LogP contribution in [0.3, 0.4) is 0 Å². The zero-order valence-electron chi connectivity index (χ0n) is 15.7. The third-order valence-corrected chi connectivity index (χ3v) is 4.24. The molecule has 0 spiro atoms. The van der Waals surface area contributed by atoms with Crippen LogP contribution in [0.25, 0.3) is 0 Å². The van der Waals surface area contributed by atoms with Crippen LogP contribution in [0, 0.1) is 0 Å². The molecule has 25 heavy (non-hydrogen) atoms. The van der Waals surface area contributed by atoms with Gasteiger partial charge in [0.1, 0.15) is 0 Å². The number of alkyl halides is 3. The number of nitrogens with zero attached hydrogens (tertiary/aromatic N) is 3. The molecule has 0 atom stereocenters. The highest BCUT2D eigenvalue weighted by atomic mass is 19.4. The number of rotatable bonds is 8. The van der Waals surface area contributed by atoms with E-state index in [4.69, 9.17) is 4.74 Å². The third kappa shape index (κ3) is 9.27. The maximum Gasteiger partial charge on any atom is 0.401 e. The number of ether oxygens (including phenoxy) is 1. The largest absolute Gasteiger partial charge is 0.401 e. The lowest BCUT2D eigenvalue weighted by molar-refractivity contribution is -0.143. The molecule has 0 aromatic heterocycles. The molecule has 1 aliphatic rings. The fourth-order valence-corrected chi connectivity index (χ4v) is 2.74. The lowest BCUT2D eigenvalue weighted by atomic mass is 10.0. The third-order valence-electron chi connectivity index (χ3n) is 4.24. The Kier molecular flexibility index (Phi) is 8.95. The summed E-state index contributed by atoms with van der Waals surface area (Å²) in [5.41, 5.74) is -0.0334. The number of hydrogen-bond donors (Lipinski definition) is 2. The number of halogens is 3. The zero-order chi connectivity index (χ0) is 18.9. The van der Waals surface area contributed by atoms with E-state index in [1.54, 1.807) is 7.05 Å². The minimum absolute atomic E-state index is 0.0334. The minimum atomic E-state index is -4.15. The van der Waals surface area contributed by atoms with Crippen molar-refractivity contribution in [3.8, 4) is 0 Å². The summed E-state index contributed by atoms with van der Waals surface area (Å²) in [4.78, 5) is 7.82. The molecule has 0 aliphatic carbocycles. The number of aliphatic imine (C=N–C) groups is 1. The van der Waals surface area contributed by atoms with Gasteiger partial charge in [0.05, 0.1) is 19.8 Å². The molecule has 0 saturated carbocycles. The fraction of sp³-hybridized carbons (Fsp3) is 0.938. The summed E-state index contributed by atoms with van der Waals surface area (Å²) in [6.07, 6.45) is -3.54. The van der Waals surface area contributed by atoms with Crippen molar-refractivity contribution < 1.29 is 17.9 Å². The first-order valence-corrected chi connectivity index (χ1v) is 8.67. The van der Waals surface area contributed by atoms with Crippen LogP contribution >= 0.6 is 0 Å². The van der Waals surface area contributed by atoms with Crippen LogP contribution in [0.2, 0.25) is 0 Å². The molecule has 0 radical (unpaired) electrons. The highest BCUT2D eigenvalue weighted by Crippen LogP contribution is 2.16. The van der Waals surface area contributed by atoms with Crippen molar-refractivity contribution in [2.75, 3.05) is 66.6 Å². The number of nitrogens with one attached hydrogen (secondary N) is 2. The molecule has 0 aromatic carbocycles. The minimum Gasteiger partial charge on any atom is -0.379 e. The van der Waals surface area contributed by atoms with E-state index < -0.39 is 12.7 Å². The smallest absolute Gasteiger partial charge is 0.379 e. The van der Waals surface area contributed by atoms with Crippen LogP contribution < -0.4 is 10.6 Å². The monoisotopic (exact) mass is 367 g/mol. The summed E-state index contributed by atoms with van der Waals surface area (Å²) >= 11 is 0. The summed E-state index contributed by atoms with van der Waals surface area (Å²) in [7, 11) is 3.16. The first kappa shape index (κ1) is 22.0. The van der Waals surface area contributed by atoms with Gasteiger partial charge >= 0.3 is 6.18 Å². The Morgan fingerprint density at radius 2 is 1.84 bits per heavy atom. The summed E-state index contributed by atoms with van der Waals surface area (Å²) in [5.74, 6) is 0.666. The fourth-order valence-electron chi connectivity index (χ4n) is 2.74. The highest BCUT2D eigenvalue weighted by Gasteiger charge is 2.29. The van der Waals surface area contributed by atoms with Crippen molar-refractivity contribution in [1.82, 2.24) is 20.4 Å². The molecule has 1 rings (SSSR count). The van der Waals surface area contributed by atoms with E-state index in [2.05, 4.69) is 34.4 Å². The topological polar surface area (TPSA) is 52.1 Å². The second-order valence-corrected chi connectivity index (χ2v) is 6.97. The molecular formula is C16H32F3N5O. The molecule has 0 bridgehead atoms. The molecule has 9 heteroatoms. The van der Waals surface area contributed by atoms with Crippen LogP contribution in [0.15, 0.2) is 4.99 Å². The Labute approximate surface area is 148 Å². The first-order chi connectivity index (χ1) is 11.6. The van der Waals surface area contributed by atoms with Gasteiger partial charge in [0.2, 0.25) is 0 Å². The van der Waals surface area contributed by atoms with E-state index in [0.29, 0.717) is 25.5 Å². The van der Waals surface area contributed by atoms with Gasteiger partial charge in [-0.3, -0.25) is 14.8 Å². The van der Waals surface area contributed by atoms with Crippen molar-refractivity contribution in [3.05, 3.63) is 0 Å². The molecule has 1 fully saturated rings. The second-order valence-electron chi connectivity index (χ2n) is 6.97. The molecule has 1 heterocycles. The molecule has 6 nitrogen and oxygen atoms in total. The van der Waals surface area contributed by atoms with Crippen LogP contribution in [-0.2, 0) is 4.74 Å². The van der Waals surface area contributed by atoms with Gasteiger partial charge in [0.25, 0.3) is 0 Å². The SMILES string of the molecule is CN=C(NCCCN(C)CC(F)(F)F)NCC(C)(C)N1CCOCC1. The lowest BCUT2D eigenvalue weighted by Crippen LogP contribution is -2.56. The maximum atomic E-state index is 12.3. The van der Waals surface area contributed by atoms with Gasteiger partial charge in [0.15, 0.2) is 5.96 Å². The Balaban J connectivity index is 2.26. The van der Waals surface area contributed by atoms with Gasteiger partial charge < -0.3 is 15.4 Å². The van der Waals surface area contributed by atoms with Crippen LogP contribution in [0.5, 0.6) is 0 Å². The van der Waals surface area contributed by atoms with E-state index in [-0.39, 0.29) is 5.54 Å². The average molecular weight is 367 g/mol. The first-order valence-electron chi connectivity index (χ1n) is 8.67. The van der Waals surface area contributed by atoms with Crippen molar-refractivity contribution in [1.29, 1.82) is 0 Å². The summed E-state index contributed by atoms with van der Waals surface area (Å²) in [6, 6.07) is 0. The van der Waals surface area contributed by atoms with Crippen LogP contribution in [0.1, 0.15) is 20.3 Å². The molecule has 0 unspecified atom stereocenters. The zero-order valence-corrected chi connectivity index (χ0v) is 15.7. The number of hydrogen-bond acceptors (Lipinski definition) is 4. The molecule has 2 N–H and O–H groups in total. The number of morpholine rings is 1. The van der Waals surface area contributed by atoms with Crippen molar-refractivity contribution in [3.63, 3.8) is 0 Å². The Morgan fingerprint density at radius 1 is 1.20 bits per heavy atom. The standard InChI is InChI=1S/C16H32F3N5O/c1-15(2,24-8-10-25-11-9-24)12-22-14(20-3)21-6-5-7-23(4)13-16(17,18)19/h5-13H2,1-4H3,(H2,20,21,22). The van der Waals surface area contributed by atoms with Gasteiger partial charge in [-0.25, -0.2) is 0 Å². The van der Waals surface area contributed by atoms with E-state index in [9.17, 15) is 13.2 Å². The highest BCUT2D eigenvalue weighted by molar-refractivity contribution is 5.79. The molecular weight excluding hydrogens is 335 g/mol. The van der Waals surface area contributed by atoms with Crippen molar-refractivity contribution >= 4 is 5.96 Å². The van der Waals surface area contributed by atoms with Gasteiger partial charge in [-0.15, -0.1) is 0 Å². The molecule has 1 saturated heterocycles. The summed E-state index contributed by atoms with van der Waals surface area (Å²) in [6.45, 7) is 8.45. The summed E-state index contributed by atoms with van der Waals surface area (Å²) in [5, 5.41) is 6.45. The van der Waals surface area contributed by atoms with E-state index in [0.717, 1.165) is 32.8 Å². The summed E-state index contributed by atoms with van der Waals surface area (Å²) < 4.78 is 42.2. The maximum absolute atomic E-state index is 12.3. The predicted octanol–water partition coefficient (Wildman–Crippen LogP) is 1.15. The second kappa shape index (κ2) is 10.2. The van der Waals surface area contributed by atoms with Crippen molar-refractivity contribution in [2.45, 2.75) is 32.0 Å². The lowest BCUT2D eigenvalue weighted by Gasteiger charge is -2.41. The van der Waals surface area contributed by atoms with E-state index >= 15 is 0 Å². The Morgan fingerprint density at radius 3 is 2.40 bits per heavy atom. The normalized spacial score (nSPS) is 17.8. The van der Waals surface area contributed by atoms with Gasteiger partial charge in [0, 0.05) is 38.8 Å². The molecule has 148 valence electrons. The predicted molar refractivity (Wildman–Crippen MR) is 94.0 cm³/mol. The van der Waals surface area contributed by atoms with Gasteiger partial charge in [-0.1, -0.05) is 0 Å². The van der Waals surface area contributed by atoms with Crippen molar-refractivity contribution in [2.24, 2.45) is 4.99 Å². The molecule has 0 amide bonds. The van der Waals surface area contributed by atoms with E-state index in [1.165, 1.54) is 11.9 Å². The molecule has 1 aliphatic heterocycles. The van der Waals surface area contributed by atoms with Gasteiger partial charge in [-0.2, -0.15) is 13.2 Å². The van der Waals surface area contributed by atoms with E-state index in [1.807, 2.05) is 0 Å². The molecule has 0 aromatic rings. The van der Waals surface area contributed by atoms with Crippen LogP contribution in [0.4, 0.5) is 13.2 Å². The Hall–Kier alpha value is -1.06. The quantitative estimate of drug-likeness (QED) is 0.383. The van der Waals surface area contributed by atoms with Gasteiger partial charge in [-0.05, 0) is 33.9 Å². The Bertz CT molecular complexity index is 409. The van der Waals surface area contributed by atoms with Crippen LogP contribution in [-0.4, -0.2) is 94.1 Å².